The molecule has 0 saturated carbocycles. The number of hydrogen-bond donors (Lipinski definition) is 1. The number of β-amino-alcohol motifs (C(OH)–C–C–N with tert-alkyl or cyclic N) is 1. The van der Waals surface area contributed by atoms with Gasteiger partial charge in [-0.25, -0.2) is 5.06 Å². The molecule has 0 radical (unpaired) electrons. The molecule has 1 fully saturated rings. The number of aliphatic hydroxyl groups excluding tert-OH is 1. The molecule has 0 aromatic heterocycles. The molecule has 1 aliphatic rings. The molecule has 1 aromatic rings. The third-order valence-corrected chi connectivity index (χ3v) is 2.67. The van der Waals surface area contributed by atoms with Gasteiger partial charge < -0.3 is 5.11 Å². The van der Waals surface area contributed by atoms with Gasteiger partial charge in [0.05, 0.1) is 11.5 Å². The van der Waals surface area contributed by atoms with Crippen molar-refractivity contribution in [2.24, 2.45) is 0 Å². The zero-order chi connectivity index (χ0) is 13.3. The Morgan fingerprint density at radius 3 is 2.83 bits per heavy atom. The summed E-state index contributed by atoms with van der Waals surface area (Å²) in [5.41, 5.74) is 0.673. The standard InChI is InChI=1S/C11H12N2O5/c1-7-4-8(2-3-10(7)13(16)17)11(15)12-5-9(14)6-18-12/h2-4,9,14H,5-6H2,1H3/t9-/m1/s1. The van der Waals surface area contributed by atoms with Gasteiger partial charge in [0.1, 0.15) is 12.7 Å². The lowest BCUT2D eigenvalue weighted by Gasteiger charge is -2.13. The molecular weight excluding hydrogens is 240 g/mol. The fraction of sp³-hybridized carbons (Fsp3) is 0.364. The number of benzene rings is 1. The maximum Gasteiger partial charge on any atom is 0.277 e. The number of nitrogens with zero attached hydrogens (tertiary/aromatic N) is 2. The van der Waals surface area contributed by atoms with Crippen LogP contribution >= 0.6 is 0 Å². The highest BCUT2D eigenvalue weighted by Crippen LogP contribution is 2.20. The summed E-state index contributed by atoms with van der Waals surface area (Å²) in [6.07, 6.45) is -0.687. The molecule has 1 heterocycles. The van der Waals surface area contributed by atoms with Gasteiger partial charge in [-0.15, -0.1) is 0 Å². The van der Waals surface area contributed by atoms with Crippen LogP contribution in [0.3, 0.4) is 0 Å². The van der Waals surface area contributed by atoms with E-state index >= 15 is 0 Å². The third kappa shape index (κ3) is 2.31. The topological polar surface area (TPSA) is 92.9 Å². The molecule has 0 bridgehead atoms. The van der Waals surface area contributed by atoms with Crippen molar-refractivity contribution in [2.45, 2.75) is 13.0 Å². The van der Waals surface area contributed by atoms with Crippen LogP contribution in [0, 0.1) is 17.0 Å². The number of amides is 1. The SMILES string of the molecule is Cc1cc(C(=O)N2C[C@@H](O)CO2)ccc1[N+](=O)[O-]. The third-order valence-electron chi connectivity index (χ3n) is 2.67. The average molecular weight is 252 g/mol. The molecular formula is C11H12N2O5. The Balaban J connectivity index is 2.21. The van der Waals surface area contributed by atoms with Crippen LogP contribution in [0.1, 0.15) is 15.9 Å². The molecule has 18 heavy (non-hydrogen) atoms. The van der Waals surface area contributed by atoms with Crippen LogP contribution < -0.4 is 0 Å². The van der Waals surface area contributed by atoms with Gasteiger partial charge in [0.2, 0.25) is 0 Å². The summed E-state index contributed by atoms with van der Waals surface area (Å²) in [5.74, 6) is -0.412. The summed E-state index contributed by atoms with van der Waals surface area (Å²) < 4.78 is 0. The summed E-state index contributed by atoms with van der Waals surface area (Å²) in [6.45, 7) is 1.75. The first-order valence-electron chi connectivity index (χ1n) is 5.37. The largest absolute Gasteiger partial charge is 0.389 e. The van der Waals surface area contributed by atoms with Gasteiger partial charge in [-0.1, -0.05) is 0 Å². The fourth-order valence-corrected chi connectivity index (χ4v) is 1.75. The first-order chi connectivity index (χ1) is 8.49. The van der Waals surface area contributed by atoms with Crippen molar-refractivity contribution in [1.82, 2.24) is 5.06 Å². The highest BCUT2D eigenvalue weighted by Gasteiger charge is 2.27. The minimum atomic E-state index is -0.687. The van der Waals surface area contributed by atoms with Crippen LogP contribution in [-0.2, 0) is 4.84 Å². The zero-order valence-electron chi connectivity index (χ0n) is 9.70. The molecule has 0 unspecified atom stereocenters. The van der Waals surface area contributed by atoms with E-state index in [-0.39, 0.29) is 18.8 Å². The minimum absolute atomic E-state index is 0.0334. The van der Waals surface area contributed by atoms with Gasteiger partial charge in [0, 0.05) is 17.2 Å². The monoisotopic (exact) mass is 252 g/mol. The van der Waals surface area contributed by atoms with E-state index in [1.54, 1.807) is 6.92 Å². The summed E-state index contributed by atoms with van der Waals surface area (Å²) in [7, 11) is 0. The maximum atomic E-state index is 11.9. The molecule has 1 N–H and O–H groups in total. The van der Waals surface area contributed by atoms with Gasteiger partial charge >= 0.3 is 0 Å². The Hall–Kier alpha value is -1.99. The number of aryl methyl sites for hydroxylation is 1. The van der Waals surface area contributed by atoms with Crippen molar-refractivity contribution in [3.63, 3.8) is 0 Å². The Bertz CT molecular complexity index is 502. The molecule has 2 rings (SSSR count). The number of aliphatic hydroxyl groups is 1. The predicted molar refractivity (Wildman–Crippen MR) is 60.8 cm³/mol. The number of carbonyl (C=O) groups is 1. The van der Waals surface area contributed by atoms with Crippen LogP contribution in [-0.4, -0.2) is 40.3 Å². The molecule has 7 nitrogen and oxygen atoms in total. The normalized spacial score (nSPS) is 19.0. The second-order valence-corrected chi connectivity index (χ2v) is 4.07. The lowest BCUT2D eigenvalue weighted by Crippen LogP contribution is -2.28. The number of hydroxylamine groups is 2. The van der Waals surface area contributed by atoms with E-state index < -0.39 is 16.9 Å². The van der Waals surface area contributed by atoms with Gasteiger partial charge in [-0.2, -0.15) is 0 Å². The average Bonchev–Trinajstić information content (AvgIpc) is 2.74. The van der Waals surface area contributed by atoms with Crippen LogP contribution in [0.5, 0.6) is 0 Å². The number of carbonyl (C=O) groups excluding carboxylic acids is 1. The molecule has 0 spiro atoms. The molecule has 1 amide bonds. The van der Waals surface area contributed by atoms with E-state index in [1.807, 2.05) is 0 Å². The minimum Gasteiger partial charge on any atom is -0.389 e. The van der Waals surface area contributed by atoms with E-state index in [0.717, 1.165) is 5.06 Å². The summed E-state index contributed by atoms with van der Waals surface area (Å²) in [5, 5.41) is 21.0. The quantitative estimate of drug-likeness (QED) is 0.616. The molecule has 7 heteroatoms. The van der Waals surface area contributed by atoms with Crippen molar-refractivity contribution in [1.29, 1.82) is 0 Å². The van der Waals surface area contributed by atoms with E-state index in [9.17, 15) is 20.0 Å². The highest BCUT2D eigenvalue weighted by molar-refractivity contribution is 5.94. The molecule has 0 aliphatic carbocycles. The second-order valence-electron chi connectivity index (χ2n) is 4.07. The smallest absolute Gasteiger partial charge is 0.277 e. The van der Waals surface area contributed by atoms with E-state index in [0.29, 0.717) is 11.1 Å². The summed E-state index contributed by atoms with van der Waals surface area (Å²) in [4.78, 5) is 27.1. The number of rotatable bonds is 2. The first kappa shape index (κ1) is 12.5. The molecule has 96 valence electrons. The number of nitro benzene ring substituents is 1. The Kier molecular flexibility index (Phi) is 3.26. The van der Waals surface area contributed by atoms with Gasteiger partial charge in [-0.05, 0) is 19.1 Å². The molecule has 1 aliphatic heterocycles. The molecule has 1 aromatic carbocycles. The van der Waals surface area contributed by atoms with Crippen molar-refractivity contribution in [3.8, 4) is 0 Å². The predicted octanol–water partition coefficient (Wildman–Crippen LogP) is 0.652. The van der Waals surface area contributed by atoms with Gasteiger partial charge in [0.15, 0.2) is 0 Å². The second kappa shape index (κ2) is 4.71. The van der Waals surface area contributed by atoms with Crippen LogP contribution in [0.4, 0.5) is 5.69 Å². The van der Waals surface area contributed by atoms with Crippen molar-refractivity contribution >= 4 is 11.6 Å². The van der Waals surface area contributed by atoms with Crippen molar-refractivity contribution < 1.29 is 19.7 Å². The van der Waals surface area contributed by atoms with Crippen molar-refractivity contribution in [2.75, 3.05) is 13.2 Å². The number of hydrogen-bond acceptors (Lipinski definition) is 5. The van der Waals surface area contributed by atoms with E-state index in [1.165, 1.54) is 18.2 Å². The lowest BCUT2D eigenvalue weighted by molar-refractivity contribution is -0.385. The molecule has 1 atom stereocenters. The Labute approximate surface area is 103 Å². The van der Waals surface area contributed by atoms with Crippen LogP contribution in [0.2, 0.25) is 0 Å². The maximum absolute atomic E-state index is 11.9. The summed E-state index contributed by atoms with van der Waals surface area (Å²) >= 11 is 0. The van der Waals surface area contributed by atoms with Crippen LogP contribution in [0.15, 0.2) is 18.2 Å². The van der Waals surface area contributed by atoms with E-state index in [2.05, 4.69) is 0 Å². The first-order valence-corrected chi connectivity index (χ1v) is 5.37. The van der Waals surface area contributed by atoms with Crippen LogP contribution in [0.25, 0.3) is 0 Å². The summed E-state index contributed by atoms with van der Waals surface area (Å²) in [6, 6.07) is 4.10. The fourth-order valence-electron chi connectivity index (χ4n) is 1.75. The Morgan fingerprint density at radius 1 is 1.61 bits per heavy atom. The van der Waals surface area contributed by atoms with Crippen molar-refractivity contribution in [3.05, 3.63) is 39.4 Å². The van der Waals surface area contributed by atoms with E-state index in [4.69, 9.17) is 4.84 Å². The molecule has 1 saturated heterocycles. The zero-order valence-corrected chi connectivity index (χ0v) is 9.70. The number of nitro groups is 1. The Morgan fingerprint density at radius 2 is 2.33 bits per heavy atom. The van der Waals surface area contributed by atoms with Gasteiger partial charge in [0.25, 0.3) is 11.6 Å². The highest BCUT2D eigenvalue weighted by atomic mass is 16.7. The van der Waals surface area contributed by atoms with Gasteiger partial charge in [-0.3, -0.25) is 19.7 Å². The lowest BCUT2D eigenvalue weighted by atomic mass is 10.1.